The first-order valence-corrected chi connectivity index (χ1v) is 6.60. The van der Waals surface area contributed by atoms with Gasteiger partial charge in [-0.1, -0.05) is 6.07 Å². The average molecular weight is 249 g/mol. The molecule has 2 aliphatic heterocycles. The van der Waals surface area contributed by atoms with E-state index in [4.69, 9.17) is 14.6 Å². The highest BCUT2D eigenvalue weighted by Gasteiger charge is 2.22. The fourth-order valence-electron chi connectivity index (χ4n) is 2.63. The van der Waals surface area contributed by atoms with Gasteiger partial charge < -0.3 is 19.9 Å². The van der Waals surface area contributed by atoms with Gasteiger partial charge in [0.1, 0.15) is 13.2 Å². The molecule has 2 atom stereocenters. The zero-order valence-corrected chi connectivity index (χ0v) is 10.4. The van der Waals surface area contributed by atoms with Crippen LogP contribution in [-0.4, -0.2) is 31.5 Å². The van der Waals surface area contributed by atoms with E-state index in [9.17, 15) is 0 Å². The van der Waals surface area contributed by atoms with E-state index in [-0.39, 0.29) is 6.61 Å². The number of nitrogens with one attached hydrogen (secondary N) is 1. The molecule has 1 aromatic rings. The summed E-state index contributed by atoms with van der Waals surface area (Å²) in [6, 6.07) is 6.53. The van der Waals surface area contributed by atoms with E-state index in [0.717, 1.165) is 30.9 Å². The van der Waals surface area contributed by atoms with Crippen molar-refractivity contribution in [1.82, 2.24) is 5.32 Å². The Morgan fingerprint density at radius 1 is 1.17 bits per heavy atom. The van der Waals surface area contributed by atoms with Crippen molar-refractivity contribution in [3.05, 3.63) is 23.8 Å². The van der Waals surface area contributed by atoms with Gasteiger partial charge in [-0.05, 0) is 36.5 Å². The molecule has 0 radical (unpaired) electrons. The highest BCUT2D eigenvalue weighted by atomic mass is 16.6. The molecule has 0 amide bonds. The maximum absolute atomic E-state index is 9.13. The minimum atomic E-state index is 0.279. The minimum absolute atomic E-state index is 0.279. The van der Waals surface area contributed by atoms with E-state index in [1.54, 1.807) is 0 Å². The van der Waals surface area contributed by atoms with Crippen molar-refractivity contribution in [2.45, 2.75) is 18.9 Å². The number of ether oxygens (including phenoxy) is 2. The second-order valence-electron chi connectivity index (χ2n) is 4.99. The summed E-state index contributed by atoms with van der Waals surface area (Å²) in [5.41, 5.74) is 1.25. The summed E-state index contributed by atoms with van der Waals surface area (Å²) in [6.07, 6.45) is 2.13. The van der Waals surface area contributed by atoms with Crippen LogP contribution in [-0.2, 0) is 0 Å². The average Bonchev–Trinajstić information content (AvgIpc) is 2.47. The third kappa shape index (κ3) is 2.31. The second-order valence-corrected chi connectivity index (χ2v) is 4.99. The lowest BCUT2D eigenvalue weighted by Crippen LogP contribution is -2.34. The van der Waals surface area contributed by atoms with Gasteiger partial charge in [0.2, 0.25) is 0 Å². The summed E-state index contributed by atoms with van der Waals surface area (Å²) in [7, 11) is 0. The molecule has 98 valence electrons. The number of piperidine rings is 1. The zero-order valence-electron chi connectivity index (χ0n) is 10.4. The van der Waals surface area contributed by atoms with E-state index < -0.39 is 0 Å². The summed E-state index contributed by atoms with van der Waals surface area (Å²) in [6.45, 7) is 2.42. The smallest absolute Gasteiger partial charge is 0.161 e. The van der Waals surface area contributed by atoms with Crippen LogP contribution in [0.3, 0.4) is 0 Å². The van der Waals surface area contributed by atoms with Gasteiger partial charge in [0.05, 0.1) is 0 Å². The van der Waals surface area contributed by atoms with Crippen LogP contribution in [0.15, 0.2) is 18.2 Å². The SMILES string of the molecule is OCC1CCC(c2ccc3c(c2)OCCO3)NC1. The van der Waals surface area contributed by atoms with Gasteiger partial charge in [0, 0.05) is 19.2 Å². The summed E-state index contributed by atoms with van der Waals surface area (Å²) in [4.78, 5) is 0. The maximum Gasteiger partial charge on any atom is 0.161 e. The van der Waals surface area contributed by atoms with Crippen LogP contribution in [0.4, 0.5) is 0 Å². The summed E-state index contributed by atoms with van der Waals surface area (Å²) in [5, 5.41) is 12.6. The van der Waals surface area contributed by atoms with E-state index in [2.05, 4.69) is 17.4 Å². The highest BCUT2D eigenvalue weighted by Crippen LogP contribution is 2.34. The molecule has 4 heteroatoms. The predicted molar refractivity (Wildman–Crippen MR) is 68.0 cm³/mol. The van der Waals surface area contributed by atoms with E-state index in [0.29, 0.717) is 25.2 Å². The number of rotatable bonds is 2. The van der Waals surface area contributed by atoms with Gasteiger partial charge in [0.15, 0.2) is 11.5 Å². The Bertz CT molecular complexity index is 414. The Labute approximate surface area is 107 Å². The topological polar surface area (TPSA) is 50.7 Å². The van der Waals surface area contributed by atoms with E-state index in [1.807, 2.05) is 6.07 Å². The van der Waals surface area contributed by atoms with Gasteiger partial charge in [0.25, 0.3) is 0 Å². The number of hydrogen-bond donors (Lipinski definition) is 2. The molecule has 0 saturated carbocycles. The summed E-state index contributed by atoms with van der Waals surface area (Å²) in [5.74, 6) is 2.09. The van der Waals surface area contributed by atoms with Gasteiger partial charge in [-0.25, -0.2) is 0 Å². The monoisotopic (exact) mass is 249 g/mol. The number of aliphatic hydroxyl groups excluding tert-OH is 1. The molecule has 2 N–H and O–H groups in total. The summed E-state index contributed by atoms with van der Waals surface area (Å²) >= 11 is 0. The number of fused-ring (bicyclic) bond motifs is 1. The maximum atomic E-state index is 9.13. The van der Waals surface area contributed by atoms with Gasteiger partial charge in [-0.2, -0.15) is 0 Å². The van der Waals surface area contributed by atoms with Crippen LogP contribution >= 0.6 is 0 Å². The highest BCUT2D eigenvalue weighted by molar-refractivity contribution is 5.44. The van der Waals surface area contributed by atoms with E-state index in [1.165, 1.54) is 5.56 Å². The molecule has 18 heavy (non-hydrogen) atoms. The van der Waals surface area contributed by atoms with Crippen molar-refractivity contribution in [1.29, 1.82) is 0 Å². The Morgan fingerprint density at radius 2 is 2.00 bits per heavy atom. The number of aliphatic hydroxyl groups is 1. The molecule has 1 fully saturated rings. The molecule has 0 aliphatic carbocycles. The third-order valence-electron chi connectivity index (χ3n) is 3.74. The number of hydrogen-bond acceptors (Lipinski definition) is 4. The van der Waals surface area contributed by atoms with Crippen molar-refractivity contribution in [3.8, 4) is 11.5 Å². The molecular weight excluding hydrogens is 230 g/mol. The standard InChI is InChI=1S/C14H19NO3/c16-9-10-1-3-12(15-8-10)11-2-4-13-14(7-11)18-6-5-17-13/h2,4,7,10,12,15-16H,1,3,5-6,8-9H2. The molecule has 0 spiro atoms. The lowest BCUT2D eigenvalue weighted by atomic mass is 9.91. The summed E-state index contributed by atoms with van der Waals surface area (Å²) < 4.78 is 11.1. The van der Waals surface area contributed by atoms with Crippen LogP contribution in [0.1, 0.15) is 24.4 Å². The van der Waals surface area contributed by atoms with Crippen LogP contribution in [0.5, 0.6) is 11.5 Å². The molecule has 1 aromatic carbocycles. The lowest BCUT2D eigenvalue weighted by Gasteiger charge is -2.30. The first-order valence-electron chi connectivity index (χ1n) is 6.60. The van der Waals surface area contributed by atoms with Crippen molar-refractivity contribution in [2.75, 3.05) is 26.4 Å². The molecule has 2 aliphatic rings. The van der Waals surface area contributed by atoms with Crippen LogP contribution in [0, 0.1) is 5.92 Å². The van der Waals surface area contributed by atoms with Crippen molar-refractivity contribution in [2.24, 2.45) is 5.92 Å². The Morgan fingerprint density at radius 3 is 2.72 bits per heavy atom. The predicted octanol–water partition coefficient (Wildman–Crippen LogP) is 1.49. The van der Waals surface area contributed by atoms with Crippen LogP contribution in [0.25, 0.3) is 0 Å². The fraction of sp³-hybridized carbons (Fsp3) is 0.571. The van der Waals surface area contributed by atoms with E-state index >= 15 is 0 Å². The Hall–Kier alpha value is -1.26. The molecular formula is C14H19NO3. The van der Waals surface area contributed by atoms with Crippen LogP contribution in [0.2, 0.25) is 0 Å². The van der Waals surface area contributed by atoms with Gasteiger partial charge in [-0.3, -0.25) is 0 Å². The molecule has 2 unspecified atom stereocenters. The molecule has 4 nitrogen and oxygen atoms in total. The Kier molecular flexibility index (Phi) is 3.39. The normalized spacial score (nSPS) is 26.9. The first kappa shape index (κ1) is 11.8. The molecule has 0 bridgehead atoms. The largest absolute Gasteiger partial charge is 0.486 e. The minimum Gasteiger partial charge on any atom is -0.486 e. The molecule has 1 saturated heterocycles. The first-order chi connectivity index (χ1) is 8.86. The number of benzene rings is 1. The molecule has 2 heterocycles. The third-order valence-corrected chi connectivity index (χ3v) is 3.74. The molecule has 0 aromatic heterocycles. The zero-order chi connectivity index (χ0) is 12.4. The fourth-order valence-corrected chi connectivity index (χ4v) is 2.63. The van der Waals surface area contributed by atoms with Gasteiger partial charge >= 0.3 is 0 Å². The lowest BCUT2D eigenvalue weighted by molar-refractivity contribution is 0.170. The van der Waals surface area contributed by atoms with Crippen molar-refractivity contribution >= 4 is 0 Å². The molecule has 3 rings (SSSR count). The van der Waals surface area contributed by atoms with Gasteiger partial charge in [-0.15, -0.1) is 0 Å². The van der Waals surface area contributed by atoms with Crippen molar-refractivity contribution < 1.29 is 14.6 Å². The second kappa shape index (κ2) is 5.16. The van der Waals surface area contributed by atoms with Crippen LogP contribution < -0.4 is 14.8 Å². The Balaban J connectivity index is 1.73. The van der Waals surface area contributed by atoms with Crippen molar-refractivity contribution in [3.63, 3.8) is 0 Å². The quantitative estimate of drug-likeness (QED) is 0.834.